The topological polar surface area (TPSA) is 80.7 Å². The Hall–Kier alpha value is -2.40. The predicted molar refractivity (Wildman–Crippen MR) is 174 cm³/mol. The molecule has 2 saturated carbocycles. The van der Waals surface area contributed by atoms with E-state index in [0.717, 1.165) is 14.7 Å². The summed E-state index contributed by atoms with van der Waals surface area (Å²) in [5.74, 6) is -1.95. The molecule has 2 aromatic carbocycles. The molecule has 0 heterocycles. The SMILES string of the molecule is CSc1cccc(Sc2ccc(C(=O)O[C@]3(C(=O)SCF)CC[C@H]4[C@@H]5CC=C6CC(=O)C=C[C@]6(C)[C@@]5(F)[C@@H](O)C[C@@]43C)cc2)c1. The van der Waals surface area contributed by atoms with Crippen molar-refractivity contribution in [2.45, 2.75) is 78.0 Å². The van der Waals surface area contributed by atoms with E-state index in [4.69, 9.17) is 4.74 Å². The van der Waals surface area contributed by atoms with Gasteiger partial charge in [-0.15, -0.1) is 11.8 Å². The number of ketones is 1. The van der Waals surface area contributed by atoms with Crippen LogP contribution in [-0.2, 0) is 14.3 Å². The van der Waals surface area contributed by atoms with Crippen LogP contribution in [0.4, 0.5) is 8.78 Å². The summed E-state index contributed by atoms with van der Waals surface area (Å²) in [4.78, 5) is 42.8. The molecule has 0 saturated heterocycles. The lowest BCUT2D eigenvalue weighted by atomic mass is 9.45. The summed E-state index contributed by atoms with van der Waals surface area (Å²) in [5, 5.41) is 11.0. The Balaban J connectivity index is 1.30. The number of carbonyl (C=O) groups excluding carboxylic acids is 3. The molecule has 0 bridgehead atoms. The molecule has 0 spiro atoms. The second-order valence-electron chi connectivity index (χ2n) is 12.9. The second kappa shape index (κ2) is 12.0. The number of esters is 1. The minimum Gasteiger partial charge on any atom is -0.446 e. The van der Waals surface area contributed by atoms with Crippen molar-refractivity contribution in [2.75, 3.05) is 12.3 Å². The van der Waals surface area contributed by atoms with Gasteiger partial charge in [0.05, 0.1) is 11.7 Å². The van der Waals surface area contributed by atoms with Crippen molar-refractivity contribution in [3.05, 3.63) is 77.9 Å². The van der Waals surface area contributed by atoms with E-state index in [1.54, 1.807) is 55.6 Å². The Morgan fingerprint density at radius 1 is 1.07 bits per heavy atom. The molecule has 238 valence electrons. The highest BCUT2D eigenvalue weighted by Crippen LogP contribution is 2.70. The van der Waals surface area contributed by atoms with Crippen LogP contribution in [0.1, 0.15) is 56.3 Å². The Morgan fingerprint density at radius 2 is 1.80 bits per heavy atom. The highest BCUT2D eigenvalue weighted by atomic mass is 32.2. The van der Waals surface area contributed by atoms with Crippen molar-refractivity contribution in [3.63, 3.8) is 0 Å². The van der Waals surface area contributed by atoms with Crippen LogP contribution in [0, 0.1) is 22.7 Å². The van der Waals surface area contributed by atoms with Crippen LogP contribution in [0.25, 0.3) is 0 Å². The molecule has 4 aliphatic rings. The predicted octanol–water partition coefficient (Wildman–Crippen LogP) is 8.01. The average molecular weight is 671 g/mol. The van der Waals surface area contributed by atoms with E-state index in [9.17, 15) is 23.9 Å². The van der Waals surface area contributed by atoms with E-state index in [1.165, 1.54) is 6.08 Å². The van der Waals surface area contributed by atoms with Gasteiger partial charge in [0.25, 0.3) is 0 Å². The zero-order valence-corrected chi connectivity index (χ0v) is 27.8. The number of benzene rings is 2. The van der Waals surface area contributed by atoms with Crippen molar-refractivity contribution in [3.8, 4) is 0 Å². The Kier molecular flexibility index (Phi) is 8.68. The van der Waals surface area contributed by atoms with Crippen molar-refractivity contribution in [2.24, 2.45) is 22.7 Å². The maximum atomic E-state index is 17.5. The summed E-state index contributed by atoms with van der Waals surface area (Å²) >= 11 is 3.66. The number of hydrogen-bond donors (Lipinski definition) is 1. The first-order valence-electron chi connectivity index (χ1n) is 15.1. The first-order valence-corrected chi connectivity index (χ1v) is 18.1. The van der Waals surface area contributed by atoms with Crippen LogP contribution < -0.4 is 0 Å². The van der Waals surface area contributed by atoms with Crippen LogP contribution >= 0.6 is 35.3 Å². The minimum atomic E-state index is -2.09. The lowest BCUT2D eigenvalue weighted by Crippen LogP contribution is -2.69. The average Bonchev–Trinajstić information content (AvgIpc) is 3.30. The molecule has 10 heteroatoms. The fraction of sp³-hybridized carbons (Fsp3) is 0.457. The highest BCUT2D eigenvalue weighted by molar-refractivity contribution is 8.13. The third-order valence-corrected chi connectivity index (χ3v) is 13.3. The molecule has 0 unspecified atom stereocenters. The molecule has 0 radical (unpaired) electrons. The second-order valence-corrected chi connectivity index (χ2v) is 15.8. The molecule has 2 fully saturated rings. The van der Waals surface area contributed by atoms with E-state index in [-0.39, 0.29) is 37.0 Å². The molecule has 4 aliphatic carbocycles. The largest absolute Gasteiger partial charge is 0.446 e. The molecule has 2 aromatic rings. The van der Waals surface area contributed by atoms with Gasteiger partial charge in [0, 0.05) is 37.9 Å². The zero-order valence-electron chi connectivity index (χ0n) is 25.4. The number of alkyl halides is 2. The highest BCUT2D eigenvalue weighted by Gasteiger charge is 2.75. The van der Waals surface area contributed by atoms with Crippen molar-refractivity contribution >= 4 is 52.2 Å². The number of rotatable bonds is 7. The van der Waals surface area contributed by atoms with Crippen LogP contribution in [0.5, 0.6) is 0 Å². The maximum absolute atomic E-state index is 17.5. The molecular formula is C35H36F2O5S3. The molecule has 0 aliphatic heterocycles. The summed E-state index contributed by atoms with van der Waals surface area (Å²) < 4.78 is 37.4. The van der Waals surface area contributed by atoms with Gasteiger partial charge in [0.15, 0.2) is 17.1 Å². The number of fused-ring (bicyclic) bond motifs is 5. The molecule has 1 N–H and O–H groups in total. The summed E-state index contributed by atoms with van der Waals surface area (Å²) in [6, 6.07) is 14.1. The zero-order chi connectivity index (χ0) is 32.2. The summed E-state index contributed by atoms with van der Waals surface area (Å²) in [5.41, 5.74) is -5.25. The number of hydrogen-bond acceptors (Lipinski definition) is 8. The molecule has 7 atom stereocenters. The fourth-order valence-corrected chi connectivity index (χ4v) is 10.6. The van der Waals surface area contributed by atoms with E-state index in [0.29, 0.717) is 23.8 Å². The van der Waals surface area contributed by atoms with Gasteiger partial charge in [-0.2, -0.15) is 0 Å². The number of halogens is 2. The number of ether oxygens (including phenoxy) is 1. The van der Waals surface area contributed by atoms with Crippen LogP contribution in [0.3, 0.4) is 0 Å². The first kappa shape index (κ1) is 32.5. The Bertz CT molecular complexity index is 1590. The number of carbonyl (C=O) groups is 3. The molecular weight excluding hydrogens is 635 g/mol. The van der Waals surface area contributed by atoms with Gasteiger partial charge in [0.1, 0.15) is 6.01 Å². The van der Waals surface area contributed by atoms with E-state index in [2.05, 4.69) is 6.07 Å². The van der Waals surface area contributed by atoms with Gasteiger partial charge in [-0.3, -0.25) is 9.59 Å². The summed E-state index contributed by atoms with van der Waals surface area (Å²) in [6.45, 7) is 3.51. The Labute approximate surface area is 275 Å². The van der Waals surface area contributed by atoms with Gasteiger partial charge in [-0.1, -0.05) is 42.5 Å². The number of aliphatic hydroxyl groups excluding tert-OH is 1. The first-order chi connectivity index (χ1) is 21.4. The van der Waals surface area contributed by atoms with Gasteiger partial charge >= 0.3 is 5.97 Å². The van der Waals surface area contributed by atoms with Gasteiger partial charge < -0.3 is 9.84 Å². The third kappa shape index (κ3) is 5.06. The van der Waals surface area contributed by atoms with Gasteiger partial charge in [-0.05, 0) is 105 Å². The number of aliphatic hydroxyl groups is 1. The third-order valence-electron chi connectivity index (χ3n) is 10.9. The number of allylic oxidation sites excluding steroid dienone is 4. The van der Waals surface area contributed by atoms with E-state index < -0.39 is 57.1 Å². The van der Waals surface area contributed by atoms with E-state index >= 15 is 4.39 Å². The molecule has 0 aromatic heterocycles. The molecule has 6 rings (SSSR count). The Morgan fingerprint density at radius 3 is 2.51 bits per heavy atom. The van der Waals surface area contributed by atoms with Crippen LogP contribution in [-0.4, -0.2) is 51.6 Å². The monoisotopic (exact) mass is 670 g/mol. The lowest BCUT2D eigenvalue weighted by molar-refractivity contribution is -0.209. The molecule has 5 nitrogen and oxygen atoms in total. The van der Waals surface area contributed by atoms with Gasteiger partial charge in [0.2, 0.25) is 5.12 Å². The fourth-order valence-electron chi connectivity index (χ4n) is 8.49. The standard InChI is InChI=1S/C35H36F2O5S3/c1-32-15-13-23(38)17-22(32)9-12-28-27-14-16-34(31(41)44-20-36,33(27,2)19-29(39)35(28,32)37)42-30(40)21-7-10-24(11-8-21)45-26-6-4-5-25(18-26)43-3/h4-11,13,15,18,27-29,39H,12,14,16-17,19-20H2,1-3H3/t27-,28-,29-,32-,33-,34-,35-/m0/s1. The van der Waals surface area contributed by atoms with Crippen molar-refractivity contribution in [1.82, 2.24) is 0 Å². The molecule has 0 amide bonds. The molecule has 45 heavy (non-hydrogen) atoms. The van der Waals surface area contributed by atoms with Gasteiger partial charge in [-0.25, -0.2) is 13.6 Å². The maximum Gasteiger partial charge on any atom is 0.339 e. The van der Waals surface area contributed by atoms with Crippen LogP contribution in [0.15, 0.2) is 87.0 Å². The van der Waals surface area contributed by atoms with Crippen LogP contribution in [0.2, 0.25) is 0 Å². The minimum absolute atomic E-state index is 0.104. The quantitative estimate of drug-likeness (QED) is 0.180. The van der Waals surface area contributed by atoms with Crippen molar-refractivity contribution < 1.29 is 33.0 Å². The number of thioether (sulfide) groups is 2. The lowest BCUT2D eigenvalue weighted by Gasteiger charge is -2.62. The van der Waals surface area contributed by atoms with Crippen molar-refractivity contribution in [1.29, 1.82) is 0 Å². The summed E-state index contributed by atoms with van der Waals surface area (Å²) in [6.07, 6.45) is 6.12. The summed E-state index contributed by atoms with van der Waals surface area (Å²) in [7, 11) is 0. The normalized spacial score (nSPS) is 35.2. The van der Waals surface area contributed by atoms with E-state index in [1.807, 2.05) is 42.7 Å². The smallest absolute Gasteiger partial charge is 0.339 e.